The molecule has 1 saturated carbocycles. The lowest BCUT2D eigenvalue weighted by atomic mass is 9.81. The summed E-state index contributed by atoms with van der Waals surface area (Å²) in [5.41, 5.74) is 2.57. The fourth-order valence-electron chi connectivity index (χ4n) is 4.41. The molecule has 1 amide bonds. The van der Waals surface area contributed by atoms with Crippen molar-refractivity contribution in [3.05, 3.63) is 62.5 Å². The van der Waals surface area contributed by atoms with Crippen molar-refractivity contribution in [2.45, 2.75) is 58.2 Å². The highest BCUT2D eigenvalue weighted by molar-refractivity contribution is 6.31. The lowest BCUT2D eigenvalue weighted by Crippen LogP contribution is -2.36. The molecule has 2 aromatic rings. The molecule has 1 atom stereocenters. The Bertz CT molecular complexity index is 964. The van der Waals surface area contributed by atoms with Crippen LogP contribution in [0.2, 0.25) is 5.02 Å². The lowest BCUT2D eigenvalue weighted by molar-refractivity contribution is 0.0950. The molecular formula is C24H33ClN4O2. The maximum absolute atomic E-state index is 12.8. The third-order valence-electron chi connectivity index (χ3n) is 6.52. The number of aromatic nitrogens is 1. The maximum atomic E-state index is 12.8. The number of nitrogens with one attached hydrogen (secondary N) is 3. The Morgan fingerprint density at radius 2 is 1.97 bits per heavy atom. The molecule has 1 aliphatic carbocycles. The van der Waals surface area contributed by atoms with Crippen LogP contribution in [-0.2, 0) is 6.54 Å². The average Bonchev–Trinajstić information content (AvgIpc) is 2.75. The molecule has 1 heterocycles. The summed E-state index contributed by atoms with van der Waals surface area (Å²) in [6, 6.07) is 7.96. The van der Waals surface area contributed by atoms with E-state index in [0.29, 0.717) is 34.2 Å². The molecule has 168 valence electrons. The molecule has 0 saturated heterocycles. The number of hydrogen-bond donors (Lipinski definition) is 3. The van der Waals surface area contributed by atoms with Gasteiger partial charge in [-0.3, -0.25) is 9.59 Å². The first-order valence-corrected chi connectivity index (χ1v) is 11.3. The highest BCUT2D eigenvalue weighted by atomic mass is 35.5. The van der Waals surface area contributed by atoms with Crippen molar-refractivity contribution in [3.63, 3.8) is 0 Å². The zero-order valence-electron chi connectivity index (χ0n) is 18.8. The molecule has 7 heteroatoms. The number of rotatable bonds is 7. The summed E-state index contributed by atoms with van der Waals surface area (Å²) in [4.78, 5) is 29.6. The van der Waals surface area contributed by atoms with Crippen molar-refractivity contribution in [2.75, 3.05) is 19.4 Å². The molecule has 1 unspecified atom stereocenters. The first-order chi connectivity index (χ1) is 14.8. The molecule has 3 N–H and O–H groups in total. The third kappa shape index (κ3) is 5.89. The topological polar surface area (TPSA) is 77.2 Å². The highest BCUT2D eigenvalue weighted by Gasteiger charge is 2.26. The van der Waals surface area contributed by atoms with E-state index in [9.17, 15) is 9.59 Å². The summed E-state index contributed by atoms with van der Waals surface area (Å²) >= 11 is 6.35. The molecule has 0 radical (unpaired) electrons. The van der Waals surface area contributed by atoms with Crippen molar-refractivity contribution < 1.29 is 4.79 Å². The van der Waals surface area contributed by atoms with Gasteiger partial charge in [-0.15, -0.1) is 0 Å². The highest BCUT2D eigenvalue weighted by Crippen LogP contribution is 2.32. The fraction of sp³-hybridized carbons (Fsp3) is 0.500. The molecule has 1 aromatic carbocycles. The lowest BCUT2D eigenvalue weighted by Gasteiger charge is -2.36. The quantitative estimate of drug-likeness (QED) is 0.598. The number of hydrogen-bond acceptors (Lipinski definition) is 4. The number of aromatic amines is 1. The van der Waals surface area contributed by atoms with Crippen LogP contribution < -0.4 is 16.2 Å². The normalized spacial score (nSPS) is 19.8. The van der Waals surface area contributed by atoms with Crippen LogP contribution in [0.15, 0.2) is 35.3 Å². The second kappa shape index (κ2) is 10.3. The zero-order valence-corrected chi connectivity index (χ0v) is 19.6. The van der Waals surface area contributed by atoms with Crippen LogP contribution in [0.4, 0.5) is 5.69 Å². The molecule has 0 bridgehead atoms. The second-order valence-electron chi connectivity index (χ2n) is 8.80. The summed E-state index contributed by atoms with van der Waals surface area (Å²) in [7, 11) is 4.31. The smallest absolute Gasteiger partial charge is 0.252 e. The molecular weight excluding hydrogens is 412 g/mol. The van der Waals surface area contributed by atoms with Gasteiger partial charge in [-0.25, -0.2) is 0 Å². The summed E-state index contributed by atoms with van der Waals surface area (Å²) < 4.78 is 0. The zero-order chi connectivity index (χ0) is 22.5. The summed E-state index contributed by atoms with van der Waals surface area (Å²) in [6.45, 7) is 4.30. The van der Waals surface area contributed by atoms with E-state index in [1.807, 2.05) is 13.0 Å². The van der Waals surface area contributed by atoms with Crippen LogP contribution in [0.5, 0.6) is 0 Å². The van der Waals surface area contributed by atoms with Crippen molar-refractivity contribution in [1.29, 1.82) is 0 Å². The van der Waals surface area contributed by atoms with E-state index in [4.69, 9.17) is 11.6 Å². The predicted molar refractivity (Wildman–Crippen MR) is 127 cm³/mol. The maximum Gasteiger partial charge on any atom is 0.252 e. The predicted octanol–water partition coefficient (Wildman–Crippen LogP) is 4.19. The van der Waals surface area contributed by atoms with Crippen LogP contribution >= 0.6 is 11.6 Å². The molecule has 31 heavy (non-hydrogen) atoms. The van der Waals surface area contributed by atoms with Crippen LogP contribution in [0.25, 0.3) is 0 Å². The first kappa shape index (κ1) is 23.4. The van der Waals surface area contributed by atoms with Crippen molar-refractivity contribution in [1.82, 2.24) is 15.2 Å². The van der Waals surface area contributed by atoms with Gasteiger partial charge in [0.25, 0.3) is 11.5 Å². The van der Waals surface area contributed by atoms with Gasteiger partial charge in [-0.2, -0.15) is 0 Å². The van der Waals surface area contributed by atoms with Gasteiger partial charge in [0.2, 0.25) is 0 Å². The number of pyridine rings is 1. The largest absolute Gasteiger partial charge is 0.382 e. The number of benzene rings is 1. The van der Waals surface area contributed by atoms with Crippen molar-refractivity contribution in [3.8, 4) is 0 Å². The summed E-state index contributed by atoms with van der Waals surface area (Å²) in [5, 5.41) is 6.96. The Morgan fingerprint density at radius 1 is 1.26 bits per heavy atom. The minimum Gasteiger partial charge on any atom is -0.382 e. The number of H-pyrrole nitrogens is 1. The average molecular weight is 445 g/mol. The number of anilines is 1. The van der Waals surface area contributed by atoms with Gasteiger partial charge in [0.15, 0.2) is 0 Å². The molecule has 1 fully saturated rings. The van der Waals surface area contributed by atoms with E-state index in [1.54, 1.807) is 24.4 Å². The molecule has 3 rings (SSSR count). The van der Waals surface area contributed by atoms with E-state index >= 15 is 0 Å². The SMILES string of the molecule is Cc1c(NC(C)C2CCC(N(C)C)CC2)cc(Cl)cc1C(=O)NCc1ccc[nH]c1=O. The summed E-state index contributed by atoms with van der Waals surface area (Å²) in [6.07, 6.45) is 6.38. The molecule has 0 spiro atoms. The third-order valence-corrected chi connectivity index (χ3v) is 6.74. The van der Waals surface area contributed by atoms with Gasteiger partial charge in [0.1, 0.15) is 0 Å². The molecule has 1 aliphatic rings. The Labute approximate surface area is 189 Å². The van der Waals surface area contributed by atoms with Gasteiger partial charge in [-0.1, -0.05) is 17.7 Å². The van der Waals surface area contributed by atoms with Crippen LogP contribution in [0, 0.1) is 12.8 Å². The van der Waals surface area contributed by atoms with E-state index in [1.165, 1.54) is 25.7 Å². The number of carbonyl (C=O) groups excluding carboxylic acids is 1. The Morgan fingerprint density at radius 3 is 2.61 bits per heavy atom. The molecule has 6 nitrogen and oxygen atoms in total. The van der Waals surface area contributed by atoms with E-state index in [-0.39, 0.29) is 18.0 Å². The van der Waals surface area contributed by atoms with E-state index < -0.39 is 0 Å². The van der Waals surface area contributed by atoms with Gasteiger partial charge in [-0.05, 0) is 83.3 Å². The fourth-order valence-corrected chi connectivity index (χ4v) is 4.63. The molecule has 0 aliphatic heterocycles. The second-order valence-corrected chi connectivity index (χ2v) is 9.23. The van der Waals surface area contributed by atoms with Gasteiger partial charge >= 0.3 is 0 Å². The van der Waals surface area contributed by atoms with Gasteiger partial charge in [0.05, 0.1) is 0 Å². The minimum atomic E-state index is -0.245. The molecule has 1 aromatic heterocycles. The van der Waals surface area contributed by atoms with Crippen LogP contribution in [0.1, 0.15) is 54.1 Å². The standard InChI is InChI=1S/C24H33ClN4O2/c1-15-21(24(31)27-14-18-6-5-11-26-23(18)30)12-19(25)13-22(15)28-16(2)17-7-9-20(10-8-17)29(3)4/h5-6,11-13,16-17,20,28H,7-10,14H2,1-4H3,(H,26,30)(H,27,31). The van der Waals surface area contributed by atoms with Gasteiger partial charge in [0, 0.05) is 46.7 Å². The number of amides is 1. The Hall–Kier alpha value is -2.31. The Kier molecular flexibility index (Phi) is 7.79. The number of halogens is 1. The van der Waals surface area contributed by atoms with E-state index in [2.05, 4.69) is 41.5 Å². The minimum absolute atomic E-state index is 0.162. The van der Waals surface area contributed by atoms with Crippen LogP contribution in [0.3, 0.4) is 0 Å². The number of nitrogens with zero attached hydrogens (tertiary/aromatic N) is 1. The number of carbonyl (C=O) groups is 1. The van der Waals surface area contributed by atoms with Gasteiger partial charge < -0.3 is 20.5 Å². The Balaban J connectivity index is 1.68. The van der Waals surface area contributed by atoms with Crippen molar-refractivity contribution in [2.24, 2.45) is 5.92 Å². The first-order valence-electron chi connectivity index (χ1n) is 10.9. The van der Waals surface area contributed by atoms with Crippen molar-refractivity contribution >= 4 is 23.2 Å². The van der Waals surface area contributed by atoms with E-state index in [0.717, 1.165) is 11.3 Å². The summed E-state index contributed by atoms with van der Waals surface area (Å²) in [5.74, 6) is 0.349. The monoisotopic (exact) mass is 444 g/mol. The van der Waals surface area contributed by atoms with Crippen LogP contribution in [-0.4, -0.2) is 42.0 Å².